The van der Waals surface area contributed by atoms with E-state index < -0.39 is 0 Å². The minimum absolute atomic E-state index is 0.0507. The van der Waals surface area contributed by atoms with E-state index in [-0.39, 0.29) is 18.6 Å². The van der Waals surface area contributed by atoms with Crippen LogP contribution in [0.25, 0.3) is 0 Å². The molecule has 2 saturated heterocycles. The van der Waals surface area contributed by atoms with Crippen molar-refractivity contribution in [1.82, 2.24) is 9.80 Å². The highest BCUT2D eigenvalue weighted by molar-refractivity contribution is 7.10. The monoisotopic (exact) mass is 352 g/mol. The van der Waals surface area contributed by atoms with Crippen molar-refractivity contribution in [3.63, 3.8) is 0 Å². The maximum absolute atomic E-state index is 12.8. The third kappa shape index (κ3) is 3.99. The molecule has 0 spiro atoms. The lowest BCUT2D eigenvalue weighted by Gasteiger charge is -2.33. The lowest BCUT2D eigenvalue weighted by Crippen LogP contribution is -2.46. The number of amides is 1. The van der Waals surface area contributed by atoms with Crippen molar-refractivity contribution >= 4 is 17.2 Å². The van der Waals surface area contributed by atoms with Gasteiger partial charge in [0.2, 0.25) is 5.91 Å². The molecule has 6 heteroatoms. The Morgan fingerprint density at radius 3 is 2.83 bits per heavy atom. The molecule has 3 rings (SSSR count). The Balaban J connectivity index is 1.67. The minimum atomic E-state index is -0.0507. The number of hydrogen-bond donors (Lipinski definition) is 1. The van der Waals surface area contributed by atoms with E-state index in [1.54, 1.807) is 11.3 Å². The number of aliphatic hydroxyl groups is 1. The number of rotatable bonds is 6. The molecule has 3 heterocycles. The summed E-state index contributed by atoms with van der Waals surface area (Å²) in [6.45, 7) is 7.46. The molecular weight excluding hydrogens is 324 g/mol. The molecule has 0 bridgehead atoms. The predicted molar refractivity (Wildman–Crippen MR) is 95.1 cm³/mol. The van der Waals surface area contributed by atoms with Gasteiger partial charge in [-0.15, -0.1) is 11.3 Å². The van der Waals surface area contributed by atoms with Gasteiger partial charge in [0, 0.05) is 31.1 Å². The Labute approximate surface area is 148 Å². The fourth-order valence-electron chi connectivity index (χ4n) is 4.04. The van der Waals surface area contributed by atoms with E-state index >= 15 is 0 Å². The van der Waals surface area contributed by atoms with Crippen molar-refractivity contribution in [2.75, 3.05) is 46.0 Å². The zero-order valence-corrected chi connectivity index (χ0v) is 15.2. The third-order valence-electron chi connectivity index (χ3n) is 5.44. The fourth-order valence-corrected chi connectivity index (χ4v) is 4.73. The van der Waals surface area contributed by atoms with E-state index in [4.69, 9.17) is 4.74 Å². The van der Waals surface area contributed by atoms with Crippen LogP contribution in [0.1, 0.15) is 18.2 Å². The van der Waals surface area contributed by atoms with Crippen LogP contribution in [-0.2, 0) is 16.0 Å². The molecule has 3 atom stereocenters. The average molecular weight is 353 g/mol. The third-order valence-corrected chi connectivity index (χ3v) is 6.32. The van der Waals surface area contributed by atoms with E-state index in [0.29, 0.717) is 18.3 Å². The first-order chi connectivity index (χ1) is 11.7. The van der Waals surface area contributed by atoms with Crippen molar-refractivity contribution in [1.29, 1.82) is 0 Å². The highest BCUT2D eigenvalue weighted by Crippen LogP contribution is 2.33. The van der Waals surface area contributed by atoms with Crippen molar-refractivity contribution < 1.29 is 14.6 Å². The van der Waals surface area contributed by atoms with Crippen LogP contribution in [0, 0.1) is 11.8 Å². The van der Waals surface area contributed by atoms with E-state index in [1.165, 1.54) is 0 Å². The normalized spacial score (nSPS) is 28.4. The van der Waals surface area contributed by atoms with Gasteiger partial charge in [-0.1, -0.05) is 19.4 Å². The van der Waals surface area contributed by atoms with Crippen LogP contribution in [0.3, 0.4) is 0 Å². The van der Waals surface area contributed by atoms with Gasteiger partial charge in [0.05, 0.1) is 32.3 Å². The van der Waals surface area contributed by atoms with Gasteiger partial charge in [0.15, 0.2) is 0 Å². The second kappa shape index (κ2) is 8.43. The van der Waals surface area contributed by atoms with Crippen LogP contribution >= 0.6 is 11.3 Å². The minimum Gasteiger partial charge on any atom is -0.394 e. The molecule has 5 nitrogen and oxygen atoms in total. The van der Waals surface area contributed by atoms with Crippen LogP contribution < -0.4 is 0 Å². The molecular formula is C18H28N2O3S. The summed E-state index contributed by atoms with van der Waals surface area (Å²) in [5.74, 6) is 0.974. The molecule has 0 aromatic carbocycles. The Morgan fingerprint density at radius 2 is 2.21 bits per heavy atom. The van der Waals surface area contributed by atoms with Crippen molar-refractivity contribution in [3.8, 4) is 0 Å². The number of carbonyl (C=O) groups is 1. The SMILES string of the molecule is CC[C@@H]1CN(C(=O)Cc2cccs2)[C@H](CO)[C@@H]1CN1CCOCC1. The molecule has 2 aliphatic heterocycles. The maximum atomic E-state index is 12.8. The van der Waals surface area contributed by atoms with Gasteiger partial charge in [-0.2, -0.15) is 0 Å². The van der Waals surface area contributed by atoms with Crippen LogP contribution in [-0.4, -0.2) is 72.9 Å². The number of aliphatic hydroxyl groups excluding tert-OH is 1. The number of carbonyl (C=O) groups excluding carboxylic acids is 1. The van der Waals surface area contributed by atoms with Gasteiger partial charge in [-0.3, -0.25) is 9.69 Å². The molecule has 1 aromatic rings. The summed E-state index contributed by atoms with van der Waals surface area (Å²) in [5.41, 5.74) is 0. The molecule has 24 heavy (non-hydrogen) atoms. The van der Waals surface area contributed by atoms with Crippen LogP contribution in [0.15, 0.2) is 17.5 Å². The fraction of sp³-hybridized carbons (Fsp3) is 0.722. The molecule has 1 amide bonds. The number of nitrogens with zero attached hydrogens (tertiary/aromatic N) is 2. The van der Waals surface area contributed by atoms with Gasteiger partial charge in [-0.05, 0) is 23.3 Å². The number of morpholine rings is 1. The molecule has 0 saturated carbocycles. The molecule has 2 aliphatic rings. The van der Waals surface area contributed by atoms with Crippen molar-refractivity contribution in [3.05, 3.63) is 22.4 Å². The standard InChI is InChI=1S/C18H28N2O3S/c1-2-14-11-20(18(22)10-15-4-3-9-24-15)17(13-21)16(14)12-19-5-7-23-8-6-19/h3-4,9,14,16-17,21H,2,5-8,10-13H2,1H3/t14-,16-,17-/m1/s1. The number of hydrogen-bond acceptors (Lipinski definition) is 5. The lowest BCUT2D eigenvalue weighted by atomic mass is 9.88. The quantitative estimate of drug-likeness (QED) is 0.842. The Kier molecular flexibility index (Phi) is 6.27. The largest absolute Gasteiger partial charge is 0.394 e. The first-order valence-corrected chi connectivity index (χ1v) is 9.83. The van der Waals surface area contributed by atoms with Gasteiger partial charge >= 0.3 is 0 Å². The van der Waals surface area contributed by atoms with Crippen LogP contribution in [0.4, 0.5) is 0 Å². The lowest BCUT2D eigenvalue weighted by molar-refractivity contribution is -0.132. The van der Waals surface area contributed by atoms with E-state index in [1.807, 2.05) is 22.4 Å². The number of likely N-dealkylation sites (tertiary alicyclic amines) is 1. The summed E-state index contributed by atoms with van der Waals surface area (Å²) in [4.78, 5) is 18.2. The summed E-state index contributed by atoms with van der Waals surface area (Å²) in [6.07, 6.45) is 1.50. The molecule has 1 aromatic heterocycles. The summed E-state index contributed by atoms with van der Waals surface area (Å²) >= 11 is 1.62. The second-order valence-corrected chi connectivity index (χ2v) is 7.83. The molecule has 134 valence electrons. The topological polar surface area (TPSA) is 53.0 Å². The maximum Gasteiger partial charge on any atom is 0.228 e. The Bertz CT molecular complexity index is 516. The van der Waals surface area contributed by atoms with E-state index in [2.05, 4.69) is 11.8 Å². The molecule has 0 radical (unpaired) electrons. The zero-order chi connectivity index (χ0) is 16.9. The zero-order valence-electron chi connectivity index (χ0n) is 14.4. The highest BCUT2D eigenvalue weighted by Gasteiger charge is 2.43. The molecule has 1 N–H and O–H groups in total. The number of ether oxygens (including phenoxy) is 1. The molecule has 2 fully saturated rings. The summed E-state index contributed by atoms with van der Waals surface area (Å²) in [5, 5.41) is 12.0. The smallest absolute Gasteiger partial charge is 0.228 e. The van der Waals surface area contributed by atoms with Crippen LogP contribution in [0.5, 0.6) is 0 Å². The molecule has 0 aliphatic carbocycles. The van der Waals surface area contributed by atoms with E-state index in [0.717, 1.165) is 50.7 Å². The van der Waals surface area contributed by atoms with Crippen molar-refractivity contribution in [2.45, 2.75) is 25.8 Å². The summed E-state index contributed by atoms with van der Waals surface area (Å²) in [6, 6.07) is 3.94. The van der Waals surface area contributed by atoms with Gasteiger partial charge in [0.1, 0.15) is 0 Å². The summed E-state index contributed by atoms with van der Waals surface area (Å²) < 4.78 is 5.43. The van der Waals surface area contributed by atoms with Gasteiger partial charge in [0.25, 0.3) is 0 Å². The first-order valence-electron chi connectivity index (χ1n) is 8.95. The predicted octanol–water partition coefficient (Wildman–Crippen LogP) is 1.47. The summed E-state index contributed by atoms with van der Waals surface area (Å²) in [7, 11) is 0. The Morgan fingerprint density at radius 1 is 1.42 bits per heavy atom. The van der Waals surface area contributed by atoms with E-state index in [9.17, 15) is 9.90 Å². The van der Waals surface area contributed by atoms with Gasteiger partial charge < -0.3 is 14.7 Å². The second-order valence-electron chi connectivity index (χ2n) is 6.80. The average Bonchev–Trinajstić information content (AvgIpc) is 3.23. The van der Waals surface area contributed by atoms with Crippen LogP contribution in [0.2, 0.25) is 0 Å². The highest BCUT2D eigenvalue weighted by atomic mass is 32.1. The van der Waals surface area contributed by atoms with Crippen molar-refractivity contribution in [2.24, 2.45) is 11.8 Å². The molecule has 0 unspecified atom stereocenters. The Hall–Kier alpha value is -0.950. The first kappa shape index (κ1) is 17.9. The van der Waals surface area contributed by atoms with Gasteiger partial charge in [-0.25, -0.2) is 0 Å². The number of thiophene rings is 1.